The Balaban J connectivity index is 1.28. The number of benzene rings is 1. The Kier molecular flexibility index (Phi) is 6.55. The van der Waals surface area contributed by atoms with Crippen molar-refractivity contribution in [3.8, 4) is 11.1 Å². The third-order valence-corrected chi connectivity index (χ3v) is 7.23. The first-order valence-corrected chi connectivity index (χ1v) is 12.8. The summed E-state index contributed by atoms with van der Waals surface area (Å²) in [7, 11) is 0. The molecule has 8 nitrogen and oxygen atoms in total. The van der Waals surface area contributed by atoms with E-state index in [0.29, 0.717) is 18.9 Å². The van der Waals surface area contributed by atoms with Crippen molar-refractivity contribution in [1.29, 1.82) is 0 Å². The maximum Gasteiger partial charge on any atom is 0.410 e. The molecule has 2 aliphatic rings. The number of hydrogen-bond acceptors (Lipinski definition) is 6. The average molecular weight is 509 g/mol. The van der Waals surface area contributed by atoms with Crippen LogP contribution in [-0.4, -0.2) is 51.0 Å². The molecular formula is C27H33ClN6O2. The van der Waals surface area contributed by atoms with Gasteiger partial charge in [0.15, 0.2) is 0 Å². The predicted octanol–water partition coefficient (Wildman–Crippen LogP) is 5.32. The summed E-state index contributed by atoms with van der Waals surface area (Å²) in [5.74, 6) is 0.520. The van der Waals surface area contributed by atoms with Gasteiger partial charge < -0.3 is 20.3 Å². The van der Waals surface area contributed by atoms with Gasteiger partial charge in [0.1, 0.15) is 11.4 Å². The minimum Gasteiger partial charge on any atom is -0.444 e. The predicted molar refractivity (Wildman–Crippen MR) is 142 cm³/mol. The van der Waals surface area contributed by atoms with Crippen LogP contribution >= 0.6 is 11.6 Å². The van der Waals surface area contributed by atoms with Gasteiger partial charge in [-0.2, -0.15) is 5.10 Å². The van der Waals surface area contributed by atoms with Crippen LogP contribution in [0.1, 0.15) is 50.8 Å². The van der Waals surface area contributed by atoms with Crippen LogP contribution in [0.3, 0.4) is 0 Å². The number of pyridine rings is 1. The fourth-order valence-corrected chi connectivity index (χ4v) is 5.26. The van der Waals surface area contributed by atoms with Crippen molar-refractivity contribution in [3.63, 3.8) is 0 Å². The van der Waals surface area contributed by atoms with Crippen LogP contribution < -0.4 is 10.6 Å². The molecule has 3 aromatic rings. The fraction of sp³-hybridized carbons (Fsp3) is 0.444. The Morgan fingerprint density at radius 1 is 1.14 bits per heavy atom. The van der Waals surface area contributed by atoms with Crippen molar-refractivity contribution >= 4 is 29.2 Å². The lowest BCUT2D eigenvalue weighted by atomic mass is 9.99. The number of ether oxygens (including phenoxy) is 1. The first kappa shape index (κ1) is 24.4. The Hall–Kier alpha value is -3.26. The molecule has 2 aliphatic heterocycles. The highest BCUT2D eigenvalue weighted by Gasteiger charge is 2.28. The number of halogens is 1. The number of piperidine rings is 1. The summed E-state index contributed by atoms with van der Waals surface area (Å²) in [6.07, 6.45) is 8.05. The minimum atomic E-state index is -0.485. The number of amides is 1. The number of nitrogens with two attached hydrogens (primary N) is 1. The zero-order chi connectivity index (χ0) is 25.4. The van der Waals surface area contributed by atoms with E-state index in [2.05, 4.69) is 33.3 Å². The maximum absolute atomic E-state index is 12.4. The molecule has 5 rings (SSSR count). The van der Waals surface area contributed by atoms with Crippen LogP contribution in [-0.2, 0) is 17.7 Å². The molecule has 1 amide bonds. The van der Waals surface area contributed by atoms with Gasteiger partial charge in [-0.15, -0.1) is 0 Å². The van der Waals surface area contributed by atoms with Crippen LogP contribution in [0, 0.1) is 0 Å². The Bertz CT molecular complexity index is 1260. The van der Waals surface area contributed by atoms with Crippen molar-refractivity contribution in [2.45, 2.75) is 58.2 Å². The summed E-state index contributed by atoms with van der Waals surface area (Å²) in [5.41, 5.74) is 11.2. The van der Waals surface area contributed by atoms with E-state index in [4.69, 9.17) is 22.1 Å². The lowest BCUT2D eigenvalue weighted by Crippen LogP contribution is -2.42. The number of likely N-dealkylation sites (tertiary alicyclic amines) is 1. The Morgan fingerprint density at radius 2 is 1.92 bits per heavy atom. The maximum atomic E-state index is 12.4. The quantitative estimate of drug-likeness (QED) is 0.515. The lowest BCUT2D eigenvalue weighted by Gasteiger charge is -2.33. The normalized spacial score (nSPS) is 16.7. The van der Waals surface area contributed by atoms with Gasteiger partial charge in [0.25, 0.3) is 0 Å². The minimum absolute atomic E-state index is 0.238. The summed E-state index contributed by atoms with van der Waals surface area (Å²) < 4.78 is 7.52. The van der Waals surface area contributed by atoms with E-state index in [0.717, 1.165) is 54.2 Å². The monoisotopic (exact) mass is 508 g/mol. The van der Waals surface area contributed by atoms with Crippen molar-refractivity contribution in [1.82, 2.24) is 19.7 Å². The number of nitrogens with zero attached hydrogens (tertiary/aromatic N) is 5. The van der Waals surface area contributed by atoms with Crippen LogP contribution in [0.4, 0.5) is 16.3 Å². The lowest BCUT2D eigenvalue weighted by molar-refractivity contribution is 0.0185. The van der Waals surface area contributed by atoms with Gasteiger partial charge >= 0.3 is 6.09 Å². The molecule has 0 saturated carbocycles. The largest absolute Gasteiger partial charge is 0.444 e. The number of carbonyl (C=O) groups is 1. The number of carbonyl (C=O) groups excluding carboxylic acids is 1. The van der Waals surface area contributed by atoms with E-state index < -0.39 is 5.60 Å². The molecule has 1 aromatic carbocycles. The number of aromatic nitrogens is 3. The van der Waals surface area contributed by atoms with Crippen molar-refractivity contribution in [2.24, 2.45) is 0 Å². The van der Waals surface area contributed by atoms with Crippen LogP contribution in [0.2, 0.25) is 5.02 Å². The Morgan fingerprint density at radius 3 is 2.67 bits per heavy atom. The van der Waals surface area contributed by atoms with Gasteiger partial charge in [0, 0.05) is 54.7 Å². The molecule has 1 saturated heterocycles. The molecule has 9 heteroatoms. The molecule has 36 heavy (non-hydrogen) atoms. The summed E-state index contributed by atoms with van der Waals surface area (Å²) in [6.45, 7) is 8.56. The molecular weight excluding hydrogens is 476 g/mol. The smallest absolute Gasteiger partial charge is 0.410 e. The van der Waals surface area contributed by atoms with Crippen LogP contribution in [0.25, 0.3) is 11.1 Å². The van der Waals surface area contributed by atoms with Crippen molar-refractivity contribution in [3.05, 3.63) is 59.0 Å². The topological polar surface area (TPSA) is 89.5 Å². The SMILES string of the molecule is CC(C)(C)OC(=O)N1CCC(n2cc(-c3cnc(N)c(N4CCc5c(Cl)cccc5C4)c3)cn2)CC1. The Labute approximate surface area is 217 Å². The van der Waals surface area contributed by atoms with Gasteiger partial charge in [0.2, 0.25) is 0 Å². The van der Waals surface area contributed by atoms with Crippen LogP contribution in [0.5, 0.6) is 0 Å². The number of fused-ring (bicyclic) bond motifs is 1. The van der Waals surface area contributed by atoms with Gasteiger partial charge in [-0.05, 0) is 63.3 Å². The number of rotatable bonds is 3. The molecule has 190 valence electrons. The zero-order valence-electron chi connectivity index (χ0n) is 21.1. The highest BCUT2D eigenvalue weighted by molar-refractivity contribution is 6.31. The van der Waals surface area contributed by atoms with E-state index in [1.807, 2.05) is 43.8 Å². The second-order valence-electron chi connectivity index (χ2n) is 10.6. The van der Waals surface area contributed by atoms with Gasteiger partial charge in [-0.25, -0.2) is 9.78 Å². The summed E-state index contributed by atoms with van der Waals surface area (Å²) >= 11 is 6.40. The summed E-state index contributed by atoms with van der Waals surface area (Å²) in [5, 5.41) is 5.47. The van der Waals surface area contributed by atoms with E-state index in [1.54, 1.807) is 11.1 Å². The van der Waals surface area contributed by atoms with E-state index >= 15 is 0 Å². The van der Waals surface area contributed by atoms with Crippen molar-refractivity contribution < 1.29 is 9.53 Å². The number of anilines is 2. The second kappa shape index (κ2) is 9.65. The van der Waals surface area contributed by atoms with E-state index in [1.165, 1.54) is 11.1 Å². The van der Waals surface area contributed by atoms with E-state index in [9.17, 15) is 4.79 Å². The molecule has 2 aromatic heterocycles. The second-order valence-corrected chi connectivity index (χ2v) is 11.0. The van der Waals surface area contributed by atoms with Gasteiger partial charge in [-0.3, -0.25) is 4.68 Å². The first-order valence-electron chi connectivity index (χ1n) is 12.5. The molecule has 0 spiro atoms. The highest BCUT2D eigenvalue weighted by Crippen LogP contribution is 2.34. The van der Waals surface area contributed by atoms with Crippen LogP contribution in [0.15, 0.2) is 42.9 Å². The molecule has 0 radical (unpaired) electrons. The number of hydrogen-bond donors (Lipinski definition) is 1. The van der Waals surface area contributed by atoms with Gasteiger partial charge in [0.05, 0.1) is 17.9 Å². The summed E-state index contributed by atoms with van der Waals surface area (Å²) in [4.78, 5) is 20.9. The number of nitrogen functional groups attached to an aromatic ring is 1. The summed E-state index contributed by atoms with van der Waals surface area (Å²) in [6, 6.07) is 8.41. The van der Waals surface area contributed by atoms with E-state index in [-0.39, 0.29) is 12.1 Å². The molecule has 0 unspecified atom stereocenters. The third kappa shape index (κ3) is 5.14. The van der Waals surface area contributed by atoms with Gasteiger partial charge in [-0.1, -0.05) is 23.7 Å². The van der Waals surface area contributed by atoms with Crippen molar-refractivity contribution in [2.75, 3.05) is 30.3 Å². The zero-order valence-corrected chi connectivity index (χ0v) is 21.8. The molecule has 0 aliphatic carbocycles. The molecule has 0 atom stereocenters. The standard InChI is InChI=1S/C27H33ClN6O2/c1-27(2,3)36-26(35)32-10-7-21(8-11-32)34-17-20(15-31-34)19-13-24(25(29)30-14-19)33-12-9-22-18(16-33)5-4-6-23(22)28/h4-6,13-15,17,21H,7-12,16H2,1-3H3,(H2,29,30). The molecule has 0 bridgehead atoms. The highest BCUT2D eigenvalue weighted by atomic mass is 35.5. The fourth-order valence-electron chi connectivity index (χ4n) is 4.97. The first-order chi connectivity index (χ1) is 17.2. The molecule has 1 fully saturated rings. The molecule has 4 heterocycles. The average Bonchev–Trinajstić information content (AvgIpc) is 3.34. The molecule has 2 N–H and O–H groups in total. The third-order valence-electron chi connectivity index (χ3n) is 6.87.